The van der Waals surface area contributed by atoms with Crippen LogP contribution in [0.1, 0.15) is 18.4 Å². The third kappa shape index (κ3) is 3.97. The fraction of sp³-hybridized carbons (Fsp3) is 0.500. The van der Waals surface area contributed by atoms with E-state index in [-0.39, 0.29) is 0 Å². The molecule has 0 spiro atoms. The first-order chi connectivity index (χ1) is 7.13. The number of carbonyl (C=O) groups is 1. The first-order valence-corrected chi connectivity index (χ1v) is 5.92. The monoisotopic (exact) mass is 229 g/mol. The maximum absolute atomic E-state index is 10.4. The van der Waals surface area contributed by atoms with Crippen molar-refractivity contribution in [3.05, 3.63) is 23.7 Å². The Kier molecular flexibility index (Phi) is 4.71. The fourth-order valence-electron chi connectivity index (χ4n) is 1.05. The van der Waals surface area contributed by atoms with Gasteiger partial charge < -0.3 is 15.3 Å². The highest BCUT2D eigenvalue weighted by Gasteiger charge is 2.11. The van der Waals surface area contributed by atoms with Gasteiger partial charge in [0.1, 0.15) is 17.6 Å². The SMILES string of the molecule is CCc1ccc(CSCC(N)C(=O)O)o1. The van der Waals surface area contributed by atoms with Gasteiger partial charge in [0, 0.05) is 12.2 Å². The quantitative estimate of drug-likeness (QED) is 0.772. The minimum Gasteiger partial charge on any atom is -0.480 e. The van der Waals surface area contributed by atoms with E-state index in [4.69, 9.17) is 15.3 Å². The molecule has 0 saturated carbocycles. The molecule has 0 aromatic carbocycles. The van der Waals surface area contributed by atoms with Crippen molar-refractivity contribution in [3.8, 4) is 0 Å². The average Bonchev–Trinajstić information content (AvgIpc) is 2.65. The van der Waals surface area contributed by atoms with Crippen LogP contribution in [0, 0.1) is 0 Å². The molecule has 3 N–H and O–H groups in total. The zero-order valence-corrected chi connectivity index (χ0v) is 9.42. The Labute approximate surface area is 92.8 Å². The van der Waals surface area contributed by atoms with Crippen molar-refractivity contribution in [2.45, 2.75) is 25.1 Å². The van der Waals surface area contributed by atoms with Crippen molar-refractivity contribution in [2.75, 3.05) is 5.75 Å². The summed E-state index contributed by atoms with van der Waals surface area (Å²) in [6.45, 7) is 2.02. The van der Waals surface area contributed by atoms with Crippen LogP contribution in [-0.4, -0.2) is 22.9 Å². The summed E-state index contributed by atoms with van der Waals surface area (Å²) in [5, 5.41) is 8.56. The predicted molar refractivity (Wildman–Crippen MR) is 59.9 cm³/mol. The largest absolute Gasteiger partial charge is 0.480 e. The van der Waals surface area contributed by atoms with Gasteiger partial charge in [0.2, 0.25) is 0 Å². The number of carboxylic acids is 1. The van der Waals surface area contributed by atoms with Crippen LogP contribution in [0.5, 0.6) is 0 Å². The molecule has 1 aromatic rings. The van der Waals surface area contributed by atoms with Crippen LogP contribution >= 0.6 is 11.8 Å². The Morgan fingerprint density at radius 3 is 2.80 bits per heavy atom. The summed E-state index contributed by atoms with van der Waals surface area (Å²) < 4.78 is 5.47. The van der Waals surface area contributed by atoms with E-state index in [2.05, 4.69) is 0 Å². The maximum atomic E-state index is 10.4. The standard InChI is InChI=1S/C10H15NO3S/c1-2-7-3-4-8(14-7)5-15-6-9(11)10(12)13/h3-4,9H,2,5-6,11H2,1H3,(H,12,13). The molecule has 1 heterocycles. The molecule has 84 valence electrons. The van der Waals surface area contributed by atoms with Gasteiger partial charge in [0.15, 0.2) is 0 Å². The Balaban J connectivity index is 2.28. The molecule has 0 saturated heterocycles. The minimum atomic E-state index is -0.962. The van der Waals surface area contributed by atoms with E-state index >= 15 is 0 Å². The molecular formula is C10H15NO3S. The third-order valence-electron chi connectivity index (χ3n) is 1.92. The van der Waals surface area contributed by atoms with E-state index in [0.717, 1.165) is 17.9 Å². The predicted octanol–water partition coefficient (Wildman–Crippen LogP) is 1.49. The smallest absolute Gasteiger partial charge is 0.321 e. The lowest BCUT2D eigenvalue weighted by atomic mass is 10.4. The molecule has 1 atom stereocenters. The molecule has 1 unspecified atom stereocenters. The average molecular weight is 229 g/mol. The van der Waals surface area contributed by atoms with Crippen molar-refractivity contribution < 1.29 is 14.3 Å². The molecule has 5 heteroatoms. The Morgan fingerprint density at radius 1 is 1.60 bits per heavy atom. The second-order valence-electron chi connectivity index (χ2n) is 3.18. The van der Waals surface area contributed by atoms with Crippen molar-refractivity contribution >= 4 is 17.7 Å². The van der Waals surface area contributed by atoms with Gasteiger partial charge in [-0.05, 0) is 12.1 Å². The van der Waals surface area contributed by atoms with Gasteiger partial charge in [0.25, 0.3) is 0 Å². The summed E-state index contributed by atoms with van der Waals surface area (Å²) in [5.41, 5.74) is 5.36. The molecule has 0 amide bonds. The number of aliphatic carboxylic acids is 1. The van der Waals surface area contributed by atoms with Gasteiger partial charge in [-0.2, -0.15) is 11.8 Å². The van der Waals surface area contributed by atoms with Crippen molar-refractivity contribution in [1.29, 1.82) is 0 Å². The normalized spacial score (nSPS) is 12.7. The zero-order chi connectivity index (χ0) is 11.3. The van der Waals surface area contributed by atoms with Gasteiger partial charge >= 0.3 is 5.97 Å². The van der Waals surface area contributed by atoms with E-state index in [0.29, 0.717) is 11.5 Å². The highest BCUT2D eigenvalue weighted by atomic mass is 32.2. The molecule has 0 aliphatic heterocycles. The summed E-state index contributed by atoms with van der Waals surface area (Å²) in [6, 6.07) is 3.06. The van der Waals surface area contributed by atoms with E-state index in [1.165, 1.54) is 11.8 Å². The van der Waals surface area contributed by atoms with Gasteiger partial charge in [-0.1, -0.05) is 6.92 Å². The van der Waals surface area contributed by atoms with Crippen molar-refractivity contribution in [3.63, 3.8) is 0 Å². The Hall–Kier alpha value is -0.940. The lowest BCUT2D eigenvalue weighted by molar-refractivity contribution is -0.137. The van der Waals surface area contributed by atoms with E-state index in [9.17, 15) is 4.79 Å². The van der Waals surface area contributed by atoms with Gasteiger partial charge in [-0.3, -0.25) is 4.79 Å². The maximum Gasteiger partial charge on any atom is 0.321 e. The second kappa shape index (κ2) is 5.82. The topological polar surface area (TPSA) is 76.5 Å². The highest BCUT2D eigenvalue weighted by molar-refractivity contribution is 7.98. The summed E-state index contributed by atoms with van der Waals surface area (Å²) in [7, 11) is 0. The van der Waals surface area contributed by atoms with Crippen LogP contribution in [-0.2, 0) is 17.0 Å². The minimum absolute atomic E-state index is 0.400. The van der Waals surface area contributed by atoms with E-state index < -0.39 is 12.0 Å². The molecule has 1 aromatic heterocycles. The lowest BCUT2D eigenvalue weighted by Gasteiger charge is -2.04. The van der Waals surface area contributed by atoms with Crippen LogP contribution in [0.25, 0.3) is 0 Å². The molecule has 0 radical (unpaired) electrons. The van der Waals surface area contributed by atoms with Crippen LogP contribution in [0.3, 0.4) is 0 Å². The summed E-state index contributed by atoms with van der Waals surface area (Å²) >= 11 is 1.47. The van der Waals surface area contributed by atoms with E-state index in [1.807, 2.05) is 19.1 Å². The molecule has 15 heavy (non-hydrogen) atoms. The molecular weight excluding hydrogens is 214 g/mol. The van der Waals surface area contributed by atoms with Crippen molar-refractivity contribution in [1.82, 2.24) is 0 Å². The summed E-state index contributed by atoms with van der Waals surface area (Å²) in [5.74, 6) is 1.93. The first-order valence-electron chi connectivity index (χ1n) is 4.77. The number of rotatable bonds is 6. The molecule has 1 rings (SSSR count). The fourth-order valence-corrected chi connectivity index (χ4v) is 1.92. The molecule has 0 aliphatic carbocycles. The van der Waals surface area contributed by atoms with Crippen LogP contribution < -0.4 is 5.73 Å². The number of hydrogen-bond acceptors (Lipinski definition) is 4. The number of aryl methyl sites for hydroxylation is 1. The number of furan rings is 1. The molecule has 0 aliphatic rings. The van der Waals surface area contributed by atoms with Gasteiger partial charge in [-0.25, -0.2) is 0 Å². The molecule has 4 nitrogen and oxygen atoms in total. The van der Waals surface area contributed by atoms with Crippen LogP contribution in [0.4, 0.5) is 0 Å². The van der Waals surface area contributed by atoms with Crippen LogP contribution in [0.2, 0.25) is 0 Å². The number of nitrogens with two attached hydrogens (primary N) is 1. The van der Waals surface area contributed by atoms with Crippen LogP contribution in [0.15, 0.2) is 16.5 Å². The second-order valence-corrected chi connectivity index (χ2v) is 4.21. The Bertz CT molecular complexity index is 324. The zero-order valence-electron chi connectivity index (χ0n) is 8.60. The lowest BCUT2D eigenvalue weighted by Crippen LogP contribution is -2.32. The first kappa shape index (κ1) is 12.1. The van der Waals surface area contributed by atoms with E-state index in [1.54, 1.807) is 0 Å². The summed E-state index contributed by atoms with van der Waals surface area (Å²) in [6.07, 6.45) is 0.874. The van der Waals surface area contributed by atoms with Gasteiger partial charge in [0.05, 0.1) is 5.75 Å². The number of carboxylic acid groups (broad SMARTS) is 1. The number of thioether (sulfide) groups is 1. The highest BCUT2D eigenvalue weighted by Crippen LogP contribution is 2.16. The molecule has 0 bridgehead atoms. The summed E-state index contributed by atoms with van der Waals surface area (Å²) in [4.78, 5) is 10.4. The third-order valence-corrected chi connectivity index (χ3v) is 3.01. The molecule has 0 fully saturated rings. The Morgan fingerprint density at radius 2 is 2.27 bits per heavy atom. The van der Waals surface area contributed by atoms with Crippen molar-refractivity contribution in [2.24, 2.45) is 5.73 Å². The van der Waals surface area contributed by atoms with Gasteiger partial charge in [-0.15, -0.1) is 0 Å². The number of hydrogen-bond donors (Lipinski definition) is 2.